The van der Waals surface area contributed by atoms with Crippen LogP contribution in [0.25, 0.3) is 0 Å². The Labute approximate surface area is 98.9 Å². The summed E-state index contributed by atoms with van der Waals surface area (Å²) in [5.74, 6) is -1.02. The minimum atomic E-state index is -1.37. The molecule has 1 rings (SSSR count). The molecule has 5 N–H and O–H groups in total. The Morgan fingerprint density at radius 2 is 2.35 bits per heavy atom. The molecule has 0 aliphatic heterocycles. The van der Waals surface area contributed by atoms with E-state index in [1.54, 1.807) is 0 Å². The van der Waals surface area contributed by atoms with Crippen molar-refractivity contribution in [3.8, 4) is 0 Å². The normalized spacial score (nSPS) is 33.7. The lowest BCUT2D eigenvalue weighted by atomic mass is 9.79. The van der Waals surface area contributed by atoms with Crippen LogP contribution in [0.5, 0.6) is 0 Å². The summed E-state index contributed by atoms with van der Waals surface area (Å²) >= 11 is 0. The number of carbonyl (C=O) groups is 1. The van der Waals surface area contributed by atoms with Gasteiger partial charge in [-0.1, -0.05) is 0 Å². The third kappa shape index (κ3) is 3.47. The molecule has 0 bridgehead atoms. The molecule has 17 heavy (non-hydrogen) atoms. The smallest absolute Gasteiger partial charge is 0.317 e. The van der Waals surface area contributed by atoms with E-state index in [9.17, 15) is 9.90 Å². The Morgan fingerprint density at radius 3 is 2.82 bits per heavy atom. The number of ether oxygens (including phenoxy) is 1. The number of carboxylic acids is 1. The Bertz CT molecular complexity index is 309. The summed E-state index contributed by atoms with van der Waals surface area (Å²) in [4.78, 5) is 10.5. The van der Waals surface area contributed by atoms with Crippen molar-refractivity contribution in [3.63, 3.8) is 0 Å². The van der Waals surface area contributed by atoms with Crippen molar-refractivity contribution in [3.05, 3.63) is 0 Å². The van der Waals surface area contributed by atoms with Gasteiger partial charge in [-0.15, -0.1) is 0 Å². The lowest BCUT2D eigenvalue weighted by Crippen LogP contribution is -2.58. The molecule has 0 aromatic carbocycles. The molecule has 0 aromatic rings. The van der Waals surface area contributed by atoms with Gasteiger partial charge in [0.15, 0.2) is 0 Å². The first-order valence-corrected chi connectivity index (χ1v) is 5.30. The van der Waals surface area contributed by atoms with Gasteiger partial charge in [-0.25, -0.2) is 0 Å². The minimum absolute atomic E-state index is 0.0350. The van der Waals surface area contributed by atoms with Gasteiger partial charge in [0.2, 0.25) is 0 Å². The van der Waals surface area contributed by atoms with Crippen LogP contribution in [0.15, 0.2) is 0 Å². The fourth-order valence-electron chi connectivity index (χ4n) is 2.11. The average molecular weight is 246 g/mol. The van der Waals surface area contributed by atoms with Crippen LogP contribution in [0.2, 0.25) is 0 Å². The van der Waals surface area contributed by atoms with Crippen molar-refractivity contribution < 1.29 is 24.9 Å². The highest BCUT2D eigenvalue weighted by molar-refractivity contribution is 5.88. The summed E-state index contributed by atoms with van der Waals surface area (Å²) in [6.45, 7) is -0.740. The Morgan fingerprint density at radius 1 is 1.71 bits per heavy atom. The SMILES string of the molecule is COC1C(=N)CC(O)(CO)CC1NCC(=O)O. The number of aliphatic hydroxyl groups excluding tert-OH is 1. The van der Waals surface area contributed by atoms with E-state index in [1.165, 1.54) is 7.11 Å². The molecule has 0 saturated heterocycles. The average Bonchev–Trinajstić information content (AvgIpc) is 2.26. The van der Waals surface area contributed by atoms with Gasteiger partial charge < -0.3 is 30.8 Å². The van der Waals surface area contributed by atoms with Gasteiger partial charge in [0.1, 0.15) is 6.10 Å². The lowest BCUT2D eigenvalue weighted by molar-refractivity contribution is -0.136. The molecule has 1 saturated carbocycles. The highest BCUT2D eigenvalue weighted by Crippen LogP contribution is 2.27. The van der Waals surface area contributed by atoms with Crippen molar-refractivity contribution in [2.24, 2.45) is 0 Å². The molecule has 3 atom stereocenters. The molecule has 0 radical (unpaired) electrons. The fourth-order valence-corrected chi connectivity index (χ4v) is 2.11. The Hall–Kier alpha value is -1.02. The largest absolute Gasteiger partial charge is 0.480 e. The monoisotopic (exact) mass is 246 g/mol. The summed E-state index contributed by atoms with van der Waals surface area (Å²) in [5, 5.41) is 38.1. The molecule has 3 unspecified atom stereocenters. The maximum absolute atomic E-state index is 10.5. The van der Waals surface area contributed by atoms with Gasteiger partial charge in [0, 0.05) is 25.3 Å². The van der Waals surface area contributed by atoms with Gasteiger partial charge in [-0.05, 0) is 6.42 Å². The summed E-state index contributed by atoms with van der Waals surface area (Å²) < 4.78 is 5.11. The fraction of sp³-hybridized carbons (Fsp3) is 0.800. The highest BCUT2D eigenvalue weighted by Gasteiger charge is 2.42. The second kappa shape index (κ2) is 5.54. The van der Waals surface area contributed by atoms with E-state index in [4.69, 9.17) is 20.4 Å². The van der Waals surface area contributed by atoms with Gasteiger partial charge in [0.25, 0.3) is 0 Å². The number of methoxy groups -OCH3 is 1. The van der Waals surface area contributed by atoms with E-state index in [0.29, 0.717) is 0 Å². The van der Waals surface area contributed by atoms with Gasteiger partial charge in [-0.2, -0.15) is 0 Å². The van der Waals surface area contributed by atoms with Crippen molar-refractivity contribution in [1.82, 2.24) is 5.32 Å². The maximum atomic E-state index is 10.5. The van der Waals surface area contributed by atoms with Gasteiger partial charge in [0.05, 0.1) is 18.8 Å². The van der Waals surface area contributed by atoms with E-state index in [-0.39, 0.29) is 25.1 Å². The molecule has 0 aromatic heterocycles. The van der Waals surface area contributed by atoms with Crippen LogP contribution in [0.1, 0.15) is 12.8 Å². The molecule has 7 nitrogen and oxygen atoms in total. The van der Waals surface area contributed by atoms with Crippen molar-refractivity contribution in [1.29, 1.82) is 5.41 Å². The first-order chi connectivity index (χ1) is 7.91. The molecule has 0 heterocycles. The predicted octanol–water partition coefficient (Wildman–Crippen LogP) is -1.42. The van der Waals surface area contributed by atoms with Crippen LogP contribution in [-0.2, 0) is 9.53 Å². The van der Waals surface area contributed by atoms with Crippen LogP contribution < -0.4 is 5.32 Å². The molecule has 7 heteroatoms. The van der Waals surface area contributed by atoms with E-state index >= 15 is 0 Å². The van der Waals surface area contributed by atoms with Gasteiger partial charge >= 0.3 is 5.97 Å². The van der Waals surface area contributed by atoms with E-state index in [0.717, 1.165) is 0 Å². The van der Waals surface area contributed by atoms with Crippen LogP contribution >= 0.6 is 0 Å². The third-order valence-corrected chi connectivity index (χ3v) is 2.89. The van der Waals surface area contributed by atoms with Crippen LogP contribution in [0.3, 0.4) is 0 Å². The molecule has 1 aliphatic carbocycles. The third-order valence-electron chi connectivity index (χ3n) is 2.89. The van der Waals surface area contributed by atoms with Crippen molar-refractivity contribution >= 4 is 11.7 Å². The number of hydrogen-bond donors (Lipinski definition) is 5. The molecule has 0 spiro atoms. The topological polar surface area (TPSA) is 123 Å². The second-order valence-corrected chi connectivity index (χ2v) is 4.33. The number of hydrogen-bond acceptors (Lipinski definition) is 6. The second-order valence-electron chi connectivity index (χ2n) is 4.33. The summed E-state index contributed by atoms with van der Waals surface area (Å²) in [5.41, 5.74) is -1.22. The zero-order valence-electron chi connectivity index (χ0n) is 9.64. The van der Waals surface area contributed by atoms with Crippen molar-refractivity contribution in [2.75, 3.05) is 20.3 Å². The maximum Gasteiger partial charge on any atom is 0.317 e. The van der Waals surface area contributed by atoms with Gasteiger partial charge in [-0.3, -0.25) is 4.79 Å². The summed E-state index contributed by atoms with van der Waals surface area (Å²) in [6.07, 6.45) is -0.383. The number of carboxylic acid groups (broad SMARTS) is 1. The van der Waals surface area contributed by atoms with Crippen LogP contribution in [-0.4, -0.2) is 65.0 Å². The Balaban J connectivity index is 2.74. The number of aliphatic carboxylic acids is 1. The molecular formula is C10H18N2O5. The minimum Gasteiger partial charge on any atom is -0.480 e. The zero-order chi connectivity index (χ0) is 13.1. The molecule has 1 aliphatic rings. The number of rotatable bonds is 5. The first-order valence-electron chi connectivity index (χ1n) is 5.30. The Kier molecular flexibility index (Phi) is 4.58. The van der Waals surface area contributed by atoms with Crippen LogP contribution in [0.4, 0.5) is 0 Å². The molecular weight excluding hydrogens is 228 g/mol. The molecule has 0 amide bonds. The predicted molar refractivity (Wildman–Crippen MR) is 59.2 cm³/mol. The van der Waals surface area contributed by atoms with Crippen LogP contribution in [0, 0.1) is 5.41 Å². The number of nitrogens with one attached hydrogen (secondary N) is 2. The number of aliphatic hydroxyl groups is 2. The molecule has 98 valence electrons. The van der Waals surface area contributed by atoms with E-state index in [1.807, 2.05) is 0 Å². The summed E-state index contributed by atoms with van der Waals surface area (Å²) in [6, 6.07) is -0.491. The van der Waals surface area contributed by atoms with Crippen molar-refractivity contribution in [2.45, 2.75) is 30.6 Å². The summed E-state index contributed by atoms with van der Waals surface area (Å²) in [7, 11) is 1.43. The standard InChI is InChI=1S/C10H18N2O5/c1-17-9-6(11)2-10(16,5-13)3-7(9)12-4-8(14)15/h7,9,11-13,16H,2-5H2,1H3,(H,14,15). The first kappa shape index (κ1) is 14.0. The quantitative estimate of drug-likeness (QED) is 0.406. The lowest BCUT2D eigenvalue weighted by Gasteiger charge is -2.40. The molecule has 1 fully saturated rings. The highest BCUT2D eigenvalue weighted by atomic mass is 16.5. The zero-order valence-corrected chi connectivity index (χ0v) is 9.64. The van der Waals surface area contributed by atoms with E-state index < -0.39 is 30.3 Å². The van der Waals surface area contributed by atoms with E-state index in [2.05, 4.69) is 5.32 Å².